The van der Waals surface area contributed by atoms with Gasteiger partial charge in [-0.15, -0.1) is 0 Å². The van der Waals surface area contributed by atoms with E-state index in [9.17, 15) is 4.79 Å². The fraction of sp³-hybridized carbons (Fsp3) is 0.267. The first kappa shape index (κ1) is 14.0. The molecule has 104 valence electrons. The summed E-state index contributed by atoms with van der Waals surface area (Å²) in [5.74, 6) is 0.0827. The lowest BCUT2D eigenvalue weighted by Crippen LogP contribution is -2.03. The number of nitrogens with zero attached hydrogens (tertiary/aromatic N) is 2. The van der Waals surface area contributed by atoms with Crippen LogP contribution < -0.4 is 4.74 Å². The molecule has 1 aromatic carbocycles. The largest absolute Gasteiger partial charge is 0.476 e. The third kappa shape index (κ3) is 3.12. The molecule has 2 aromatic rings. The number of hydrogen-bond donors (Lipinski definition) is 1. The molecule has 1 unspecified atom stereocenters. The maximum atomic E-state index is 10.9. The molecule has 0 radical (unpaired) electrons. The van der Waals surface area contributed by atoms with E-state index in [0.29, 0.717) is 11.7 Å². The van der Waals surface area contributed by atoms with Gasteiger partial charge in [0.15, 0.2) is 5.69 Å². The van der Waals surface area contributed by atoms with Gasteiger partial charge in [-0.25, -0.2) is 9.78 Å². The number of rotatable bonds is 5. The molecule has 0 spiro atoms. The van der Waals surface area contributed by atoms with E-state index in [-0.39, 0.29) is 11.6 Å². The molecule has 2 rings (SSSR count). The van der Waals surface area contributed by atoms with E-state index in [1.54, 1.807) is 0 Å². The summed E-state index contributed by atoms with van der Waals surface area (Å²) in [4.78, 5) is 18.6. The molecule has 0 fully saturated rings. The first-order valence-electron chi connectivity index (χ1n) is 6.44. The zero-order chi connectivity index (χ0) is 14.5. The highest BCUT2D eigenvalue weighted by Gasteiger charge is 2.12. The van der Waals surface area contributed by atoms with Crippen LogP contribution in [0.1, 0.15) is 42.2 Å². The molecule has 5 nitrogen and oxygen atoms in total. The molecule has 0 saturated carbocycles. The Kier molecular flexibility index (Phi) is 4.30. The molecule has 0 aliphatic heterocycles. The number of benzene rings is 1. The van der Waals surface area contributed by atoms with E-state index >= 15 is 0 Å². The number of carbonyl (C=O) groups is 1. The maximum Gasteiger partial charge on any atom is 0.356 e. The van der Waals surface area contributed by atoms with E-state index < -0.39 is 5.97 Å². The van der Waals surface area contributed by atoms with Crippen LogP contribution in [0.15, 0.2) is 36.7 Å². The van der Waals surface area contributed by atoms with Gasteiger partial charge in [0.05, 0.1) is 12.4 Å². The van der Waals surface area contributed by atoms with Gasteiger partial charge in [0, 0.05) is 0 Å². The van der Waals surface area contributed by atoms with Crippen molar-refractivity contribution in [2.45, 2.75) is 26.2 Å². The van der Waals surface area contributed by atoms with Crippen LogP contribution in [0.25, 0.3) is 0 Å². The van der Waals surface area contributed by atoms with Crippen molar-refractivity contribution >= 4 is 5.97 Å². The van der Waals surface area contributed by atoms with Crippen molar-refractivity contribution in [3.63, 3.8) is 0 Å². The summed E-state index contributed by atoms with van der Waals surface area (Å²) in [5, 5.41) is 8.90. The van der Waals surface area contributed by atoms with Crippen molar-refractivity contribution in [3.8, 4) is 11.6 Å². The molecule has 1 N–H and O–H groups in total. The fourth-order valence-corrected chi connectivity index (χ4v) is 1.81. The number of carboxylic acids is 1. The average Bonchev–Trinajstić information content (AvgIpc) is 2.47. The van der Waals surface area contributed by atoms with E-state index in [2.05, 4.69) is 23.8 Å². The Labute approximate surface area is 117 Å². The summed E-state index contributed by atoms with van der Waals surface area (Å²) in [6.45, 7) is 4.22. The lowest BCUT2D eigenvalue weighted by molar-refractivity contribution is 0.0689. The van der Waals surface area contributed by atoms with Gasteiger partial charge in [0.2, 0.25) is 5.88 Å². The highest BCUT2D eigenvalue weighted by Crippen LogP contribution is 2.31. The van der Waals surface area contributed by atoms with Crippen molar-refractivity contribution in [2.75, 3.05) is 0 Å². The predicted molar refractivity (Wildman–Crippen MR) is 74.2 cm³/mol. The molecular weight excluding hydrogens is 256 g/mol. The van der Waals surface area contributed by atoms with Crippen molar-refractivity contribution in [2.24, 2.45) is 0 Å². The third-order valence-electron chi connectivity index (χ3n) is 3.11. The number of ether oxygens (including phenoxy) is 1. The summed E-state index contributed by atoms with van der Waals surface area (Å²) in [7, 11) is 0. The summed E-state index contributed by atoms with van der Waals surface area (Å²) < 4.78 is 5.69. The summed E-state index contributed by atoms with van der Waals surface area (Å²) in [6.07, 6.45) is 3.58. The van der Waals surface area contributed by atoms with Crippen molar-refractivity contribution < 1.29 is 14.6 Å². The Balaban J connectivity index is 2.30. The maximum absolute atomic E-state index is 10.9. The topological polar surface area (TPSA) is 72.3 Å². The number of hydrogen-bond acceptors (Lipinski definition) is 4. The number of carboxylic acid groups (broad SMARTS) is 1. The minimum Gasteiger partial charge on any atom is -0.476 e. The van der Waals surface area contributed by atoms with Gasteiger partial charge >= 0.3 is 5.97 Å². The Morgan fingerprint density at radius 3 is 2.80 bits per heavy atom. The van der Waals surface area contributed by atoms with E-state index in [1.807, 2.05) is 24.3 Å². The molecule has 0 aliphatic carbocycles. The molecule has 0 aliphatic rings. The standard InChI is InChI=1S/C15H16N2O3/c1-3-10(2)11-6-4-5-7-13(11)20-14-9-16-8-12(17-14)15(18)19/h4-10H,3H2,1-2H3,(H,18,19). The quantitative estimate of drug-likeness (QED) is 0.902. The average molecular weight is 272 g/mol. The highest BCUT2D eigenvalue weighted by molar-refractivity contribution is 5.84. The van der Waals surface area contributed by atoms with Gasteiger partial charge in [0.25, 0.3) is 0 Å². The summed E-state index contributed by atoms with van der Waals surface area (Å²) in [6, 6.07) is 7.66. The van der Waals surface area contributed by atoms with E-state index in [1.165, 1.54) is 12.4 Å². The van der Waals surface area contributed by atoms with Crippen LogP contribution in [0.4, 0.5) is 0 Å². The molecule has 0 bridgehead atoms. The van der Waals surface area contributed by atoms with Crippen LogP contribution in [0, 0.1) is 0 Å². The normalized spacial score (nSPS) is 11.9. The van der Waals surface area contributed by atoms with Gasteiger partial charge in [0.1, 0.15) is 5.75 Å². The van der Waals surface area contributed by atoms with Gasteiger partial charge < -0.3 is 9.84 Å². The minimum atomic E-state index is -1.13. The van der Waals surface area contributed by atoms with Crippen molar-refractivity contribution in [1.82, 2.24) is 9.97 Å². The number of para-hydroxylation sites is 1. The Hall–Kier alpha value is -2.43. The van der Waals surface area contributed by atoms with Gasteiger partial charge in [-0.05, 0) is 24.0 Å². The predicted octanol–water partition coefficient (Wildman–Crippen LogP) is 3.48. The van der Waals surface area contributed by atoms with Crippen LogP contribution >= 0.6 is 0 Å². The fourth-order valence-electron chi connectivity index (χ4n) is 1.81. The lowest BCUT2D eigenvalue weighted by atomic mass is 9.98. The smallest absolute Gasteiger partial charge is 0.356 e. The van der Waals surface area contributed by atoms with E-state index in [4.69, 9.17) is 9.84 Å². The van der Waals surface area contributed by atoms with Crippen LogP contribution in [-0.2, 0) is 0 Å². The molecule has 1 heterocycles. The van der Waals surface area contributed by atoms with Crippen molar-refractivity contribution in [3.05, 3.63) is 47.9 Å². The lowest BCUT2D eigenvalue weighted by Gasteiger charge is -2.14. The molecule has 5 heteroatoms. The Morgan fingerprint density at radius 2 is 2.10 bits per heavy atom. The zero-order valence-corrected chi connectivity index (χ0v) is 11.4. The monoisotopic (exact) mass is 272 g/mol. The van der Waals surface area contributed by atoms with Crippen LogP contribution in [0.3, 0.4) is 0 Å². The molecule has 20 heavy (non-hydrogen) atoms. The molecule has 1 aromatic heterocycles. The van der Waals surface area contributed by atoms with Gasteiger partial charge in [-0.2, -0.15) is 0 Å². The van der Waals surface area contributed by atoms with Crippen molar-refractivity contribution in [1.29, 1.82) is 0 Å². The molecule has 0 saturated heterocycles. The van der Waals surface area contributed by atoms with Gasteiger partial charge in [-0.3, -0.25) is 4.98 Å². The van der Waals surface area contributed by atoms with Gasteiger partial charge in [-0.1, -0.05) is 32.0 Å². The molecule has 0 amide bonds. The minimum absolute atomic E-state index is 0.136. The molecule has 1 atom stereocenters. The second-order valence-corrected chi connectivity index (χ2v) is 4.50. The Bertz CT molecular complexity index is 614. The zero-order valence-electron chi connectivity index (χ0n) is 11.4. The van der Waals surface area contributed by atoms with Crippen LogP contribution in [-0.4, -0.2) is 21.0 Å². The molecular formula is C15H16N2O3. The summed E-state index contributed by atoms with van der Waals surface area (Å²) >= 11 is 0. The van der Waals surface area contributed by atoms with Crippen LogP contribution in [0.2, 0.25) is 0 Å². The number of aromatic nitrogens is 2. The SMILES string of the molecule is CCC(C)c1ccccc1Oc1cncc(C(=O)O)n1. The first-order chi connectivity index (χ1) is 9.61. The summed E-state index contributed by atoms with van der Waals surface area (Å²) in [5.41, 5.74) is 0.932. The third-order valence-corrected chi connectivity index (χ3v) is 3.11. The van der Waals surface area contributed by atoms with E-state index in [0.717, 1.165) is 12.0 Å². The second-order valence-electron chi connectivity index (χ2n) is 4.50. The van der Waals surface area contributed by atoms with Crippen LogP contribution in [0.5, 0.6) is 11.6 Å². The first-order valence-corrected chi connectivity index (χ1v) is 6.44. The second kappa shape index (κ2) is 6.14. The highest BCUT2D eigenvalue weighted by atomic mass is 16.5. The number of aromatic carboxylic acids is 1. The Morgan fingerprint density at radius 1 is 1.35 bits per heavy atom.